The maximum Gasteiger partial charge on any atom is 0.244 e. The summed E-state index contributed by atoms with van der Waals surface area (Å²) in [4.78, 5) is 29.6. The van der Waals surface area contributed by atoms with E-state index in [1.165, 1.54) is 17.4 Å². The second kappa shape index (κ2) is 9.04. The number of ketones is 1. The lowest BCUT2D eigenvalue weighted by Crippen LogP contribution is -2.33. The number of pyridine rings is 1. The molecule has 0 spiro atoms. The molecule has 1 unspecified atom stereocenters. The Labute approximate surface area is 189 Å². The zero-order valence-corrected chi connectivity index (χ0v) is 18.7. The van der Waals surface area contributed by atoms with E-state index in [0.717, 1.165) is 32.1 Å². The molecule has 1 aliphatic rings. The van der Waals surface area contributed by atoms with E-state index >= 15 is 0 Å². The van der Waals surface area contributed by atoms with Crippen LogP contribution in [0.15, 0.2) is 48.7 Å². The minimum atomic E-state index is -0.192. The number of nitrogens with zero attached hydrogens (tertiary/aromatic N) is 1. The first-order valence-electron chi connectivity index (χ1n) is 9.88. The second-order valence-electron chi connectivity index (χ2n) is 7.42. The zero-order valence-electron chi connectivity index (χ0n) is 17.1. The number of rotatable bonds is 6. The van der Waals surface area contributed by atoms with Gasteiger partial charge < -0.3 is 10.1 Å². The summed E-state index contributed by atoms with van der Waals surface area (Å²) in [6.45, 7) is 3.85. The Hall–Kier alpha value is -2.96. The highest BCUT2D eigenvalue weighted by atomic mass is 35.5. The number of nitrogens with one attached hydrogen (secondary N) is 1. The topological polar surface area (TPSA) is 68.3 Å². The number of aryl methyl sites for hydroxylation is 1. The predicted octanol–water partition coefficient (Wildman–Crippen LogP) is 5.11. The fourth-order valence-corrected chi connectivity index (χ4v) is 4.52. The summed E-state index contributed by atoms with van der Waals surface area (Å²) in [6, 6.07) is 11.5. The number of Topliss-reactive ketones (excluding diaryl/α,β-unsaturated/α-hetero) is 1. The highest BCUT2D eigenvalue weighted by Crippen LogP contribution is 2.41. The van der Waals surface area contributed by atoms with Gasteiger partial charge in [-0.05, 0) is 61.4 Å². The summed E-state index contributed by atoms with van der Waals surface area (Å²) in [5, 5.41) is 3.41. The van der Waals surface area contributed by atoms with Crippen LogP contribution in [0.2, 0.25) is 5.02 Å². The van der Waals surface area contributed by atoms with Crippen LogP contribution < -0.4 is 10.1 Å². The van der Waals surface area contributed by atoms with Crippen molar-refractivity contribution in [3.8, 4) is 16.2 Å². The van der Waals surface area contributed by atoms with E-state index in [1.54, 1.807) is 19.2 Å². The van der Waals surface area contributed by atoms with Crippen LogP contribution >= 0.6 is 22.9 Å². The van der Waals surface area contributed by atoms with Gasteiger partial charge in [0.05, 0.1) is 16.4 Å². The highest BCUT2D eigenvalue weighted by Gasteiger charge is 2.26. The zero-order chi connectivity index (χ0) is 22.0. The fourth-order valence-electron chi connectivity index (χ4n) is 3.35. The first-order valence-corrected chi connectivity index (χ1v) is 11.1. The molecule has 1 atom stereocenters. The van der Waals surface area contributed by atoms with Gasteiger partial charge in [0.1, 0.15) is 11.9 Å². The molecule has 4 rings (SSSR count). The van der Waals surface area contributed by atoms with Crippen molar-refractivity contribution in [2.24, 2.45) is 0 Å². The number of ether oxygens (including phenoxy) is 1. The van der Waals surface area contributed by atoms with Gasteiger partial charge in [0, 0.05) is 34.8 Å². The van der Waals surface area contributed by atoms with Gasteiger partial charge in [-0.1, -0.05) is 17.7 Å². The lowest BCUT2D eigenvalue weighted by atomic mass is 10.1. The van der Waals surface area contributed by atoms with Crippen molar-refractivity contribution in [3.63, 3.8) is 0 Å². The van der Waals surface area contributed by atoms with E-state index in [4.69, 9.17) is 16.3 Å². The molecule has 31 heavy (non-hydrogen) atoms. The first kappa shape index (κ1) is 21.3. The van der Waals surface area contributed by atoms with Gasteiger partial charge in [-0.2, -0.15) is 0 Å². The van der Waals surface area contributed by atoms with Crippen LogP contribution in [0.25, 0.3) is 16.5 Å². The maximum atomic E-state index is 12.2. The molecule has 0 aliphatic carbocycles. The van der Waals surface area contributed by atoms with E-state index in [9.17, 15) is 9.59 Å². The van der Waals surface area contributed by atoms with E-state index in [2.05, 4.69) is 10.3 Å². The summed E-state index contributed by atoms with van der Waals surface area (Å²) in [5.41, 5.74) is 3.76. The fraction of sp³-hybridized carbons (Fsp3) is 0.208. The van der Waals surface area contributed by atoms with Crippen molar-refractivity contribution in [2.75, 3.05) is 6.54 Å². The molecule has 1 aliphatic heterocycles. The van der Waals surface area contributed by atoms with Gasteiger partial charge in [-0.25, -0.2) is 0 Å². The molecular weight excluding hydrogens is 432 g/mol. The van der Waals surface area contributed by atoms with Gasteiger partial charge in [-0.15, -0.1) is 11.3 Å². The Kier molecular flexibility index (Phi) is 6.20. The minimum absolute atomic E-state index is 0.0512. The third kappa shape index (κ3) is 5.03. The first-order chi connectivity index (χ1) is 14.9. The maximum absolute atomic E-state index is 12.2. The van der Waals surface area contributed by atoms with Gasteiger partial charge in [-0.3, -0.25) is 14.6 Å². The molecule has 1 amide bonds. The molecule has 1 N–H and O–H groups in total. The van der Waals surface area contributed by atoms with Gasteiger partial charge >= 0.3 is 0 Å². The second-order valence-corrected chi connectivity index (χ2v) is 8.91. The molecule has 0 radical (unpaired) electrons. The molecule has 1 aromatic carbocycles. The number of hydrogen-bond acceptors (Lipinski definition) is 5. The van der Waals surface area contributed by atoms with E-state index < -0.39 is 0 Å². The molecule has 0 fully saturated rings. The van der Waals surface area contributed by atoms with Crippen LogP contribution in [-0.2, 0) is 11.2 Å². The lowest BCUT2D eigenvalue weighted by molar-refractivity contribution is -0.116. The smallest absolute Gasteiger partial charge is 0.244 e. The number of benzene rings is 1. The summed E-state index contributed by atoms with van der Waals surface area (Å²) in [7, 11) is 0. The van der Waals surface area contributed by atoms with Crippen LogP contribution in [0.3, 0.4) is 0 Å². The average Bonchev–Trinajstić information content (AvgIpc) is 3.39. The highest BCUT2D eigenvalue weighted by molar-refractivity contribution is 7.17. The van der Waals surface area contributed by atoms with Crippen molar-refractivity contribution in [2.45, 2.75) is 26.4 Å². The van der Waals surface area contributed by atoms with Gasteiger partial charge in [0.2, 0.25) is 5.91 Å². The van der Waals surface area contributed by atoms with E-state index in [0.29, 0.717) is 23.7 Å². The molecule has 3 aromatic rings. The summed E-state index contributed by atoms with van der Waals surface area (Å²) in [6.07, 6.45) is 5.41. The number of halogens is 1. The Morgan fingerprint density at radius 2 is 2.13 bits per heavy atom. The van der Waals surface area contributed by atoms with Crippen molar-refractivity contribution >= 4 is 40.7 Å². The number of hydrogen-bond donors (Lipinski definition) is 1. The largest absolute Gasteiger partial charge is 0.486 e. The van der Waals surface area contributed by atoms with Crippen molar-refractivity contribution in [1.82, 2.24) is 10.3 Å². The van der Waals surface area contributed by atoms with Gasteiger partial charge in [0.25, 0.3) is 0 Å². The van der Waals surface area contributed by atoms with Crippen LogP contribution in [0.1, 0.15) is 33.4 Å². The average molecular weight is 453 g/mol. The number of thiophene rings is 1. The Morgan fingerprint density at radius 3 is 2.84 bits per heavy atom. The molecule has 0 saturated heterocycles. The molecule has 2 aromatic heterocycles. The molecule has 7 heteroatoms. The summed E-state index contributed by atoms with van der Waals surface area (Å²) < 4.78 is 5.97. The third-order valence-corrected chi connectivity index (χ3v) is 6.47. The third-order valence-electron chi connectivity index (χ3n) is 4.96. The number of aromatic nitrogens is 1. The van der Waals surface area contributed by atoms with Crippen molar-refractivity contribution in [3.05, 3.63) is 75.4 Å². The van der Waals surface area contributed by atoms with Crippen molar-refractivity contribution < 1.29 is 14.3 Å². The quantitative estimate of drug-likeness (QED) is 0.417. The molecule has 5 nitrogen and oxygen atoms in total. The molecule has 3 heterocycles. The Morgan fingerprint density at radius 1 is 1.29 bits per heavy atom. The number of carbonyl (C=O) groups is 2. The minimum Gasteiger partial charge on any atom is -0.486 e. The number of fused-ring (bicyclic) bond motifs is 1. The van der Waals surface area contributed by atoms with Crippen LogP contribution in [0, 0.1) is 6.92 Å². The number of amides is 1. The summed E-state index contributed by atoms with van der Waals surface area (Å²) >= 11 is 7.91. The lowest BCUT2D eigenvalue weighted by Gasteiger charge is -2.11. The predicted molar refractivity (Wildman–Crippen MR) is 124 cm³/mol. The molecular formula is C24H21ClN2O3S. The van der Waals surface area contributed by atoms with Crippen LogP contribution in [-0.4, -0.2) is 29.3 Å². The van der Waals surface area contributed by atoms with Gasteiger partial charge in [0.15, 0.2) is 5.78 Å². The standard InChI is InChI=1S/C24H21ClN2O3S/c1-14-3-4-16(12-26-14)5-8-23(29)27-13-19-10-18-9-17(11-20(25)24(18)30-19)22-7-6-21(31-22)15(2)28/h3-9,11-12,19H,10,13H2,1-2H3,(H,27,29)/b8-5+. The van der Waals surface area contributed by atoms with Crippen molar-refractivity contribution in [1.29, 1.82) is 0 Å². The van der Waals surface area contributed by atoms with Crippen LogP contribution in [0.5, 0.6) is 5.75 Å². The Balaban J connectivity index is 1.38. The molecule has 0 saturated carbocycles. The Bertz CT molecular complexity index is 1170. The number of carbonyl (C=O) groups excluding carboxylic acids is 2. The monoisotopic (exact) mass is 452 g/mol. The summed E-state index contributed by atoms with van der Waals surface area (Å²) in [5.74, 6) is 0.520. The normalized spacial score (nSPS) is 15.0. The molecule has 158 valence electrons. The molecule has 0 bridgehead atoms. The van der Waals surface area contributed by atoms with E-state index in [1.807, 2.05) is 43.3 Å². The SMILES string of the molecule is CC(=O)c1ccc(-c2cc(Cl)c3c(c2)CC(CNC(=O)/C=C/c2ccc(C)nc2)O3)s1. The van der Waals surface area contributed by atoms with E-state index in [-0.39, 0.29) is 17.8 Å². The van der Waals surface area contributed by atoms with Crippen LogP contribution in [0.4, 0.5) is 0 Å².